The molecule has 1 aromatic heterocycles. The fourth-order valence-electron chi connectivity index (χ4n) is 8.86. The fraction of sp³-hybridized carbons (Fsp3) is 0.0196. The third kappa shape index (κ3) is 4.92. The van der Waals surface area contributed by atoms with Gasteiger partial charge >= 0.3 is 0 Å². The minimum absolute atomic E-state index is 0.467. The summed E-state index contributed by atoms with van der Waals surface area (Å²) in [5, 5.41) is 2.47. The van der Waals surface area contributed by atoms with Crippen LogP contribution in [0.1, 0.15) is 22.3 Å². The number of nitrogens with zero attached hydrogens (tertiary/aromatic N) is 2. The number of hydrogen-bond acceptors (Lipinski definition) is 4. The van der Waals surface area contributed by atoms with Gasteiger partial charge in [-0.15, -0.1) is 0 Å². The lowest BCUT2D eigenvalue weighted by atomic mass is 9.67. The molecule has 3 nitrogen and oxygen atoms in total. The zero-order valence-electron chi connectivity index (χ0n) is 29.8. The van der Waals surface area contributed by atoms with Crippen LogP contribution in [0.2, 0.25) is 0 Å². The molecule has 2 N–H and O–H groups in total. The summed E-state index contributed by atoms with van der Waals surface area (Å²) in [6.07, 6.45) is 0. The first-order valence-electron chi connectivity index (χ1n) is 18.6. The van der Waals surface area contributed by atoms with Crippen LogP contribution in [0.5, 0.6) is 0 Å². The van der Waals surface area contributed by atoms with Crippen molar-refractivity contribution >= 4 is 28.2 Å². The Bertz CT molecular complexity index is 2940. The Labute approximate surface area is 324 Å². The van der Waals surface area contributed by atoms with Crippen LogP contribution in [0.25, 0.3) is 66.9 Å². The molecule has 9 aromatic rings. The molecule has 0 atom stereocenters. The van der Waals surface area contributed by atoms with Crippen LogP contribution in [0.3, 0.4) is 0 Å². The van der Waals surface area contributed by atoms with E-state index in [1.165, 1.54) is 59.5 Å². The van der Waals surface area contributed by atoms with Crippen LogP contribution in [-0.4, -0.2) is 9.97 Å². The van der Waals surface area contributed by atoms with Crippen LogP contribution in [0.4, 0.5) is 5.69 Å². The molecule has 258 valence electrons. The number of nitrogens with two attached hydrogens (primary N) is 1. The standard InChI is InChI=1S/C51H33N3S/c52-38-14-9-13-37(30-38)50-53-45(34-26-23-33(24-27-34)36-28-25-32-11-1-2-12-35(32)29-36)31-46(54-50)40-16-10-20-44-49(40)39-15-3-4-17-41(39)51(44)42-18-5-7-21-47(42)55-48-22-8-6-19-43(48)51/h1-31H,52H2. The molecule has 0 amide bonds. The summed E-state index contributed by atoms with van der Waals surface area (Å²) < 4.78 is 0. The molecular weight excluding hydrogens is 687 g/mol. The molecule has 8 aromatic carbocycles. The van der Waals surface area contributed by atoms with Gasteiger partial charge in [0.15, 0.2) is 5.82 Å². The lowest BCUT2D eigenvalue weighted by molar-refractivity contribution is 0.722. The molecule has 0 radical (unpaired) electrons. The molecular formula is C51H33N3S. The van der Waals surface area contributed by atoms with E-state index in [1.807, 2.05) is 36.0 Å². The second kappa shape index (κ2) is 12.4. The van der Waals surface area contributed by atoms with Gasteiger partial charge in [0, 0.05) is 32.2 Å². The van der Waals surface area contributed by atoms with Crippen molar-refractivity contribution in [1.82, 2.24) is 9.97 Å². The third-order valence-corrected chi connectivity index (χ3v) is 12.4. The van der Waals surface area contributed by atoms with Crippen LogP contribution >= 0.6 is 11.8 Å². The number of rotatable bonds is 4. The Morgan fingerprint density at radius 3 is 1.78 bits per heavy atom. The highest BCUT2D eigenvalue weighted by Crippen LogP contribution is 2.63. The second-order valence-electron chi connectivity index (χ2n) is 14.3. The van der Waals surface area contributed by atoms with Crippen molar-refractivity contribution in [3.8, 4) is 56.2 Å². The van der Waals surface area contributed by atoms with E-state index >= 15 is 0 Å². The first kappa shape index (κ1) is 31.7. The Hall–Kier alpha value is -6.75. The van der Waals surface area contributed by atoms with Crippen LogP contribution in [-0.2, 0) is 5.41 Å². The van der Waals surface area contributed by atoms with E-state index < -0.39 is 5.41 Å². The summed E-state index contributed by atoms with van der Waals surface area (Å²) >= 11 is 1.86. The summed E-state index contributed by atoms with van der Waals surface area (Å²) in [6, 6.07) is 67.4. The monoisotopic (exact) mass is 719 g/mol. The number of benzene rings is 8. The smallest absolute Gasteiger partial charge is 0.160 e. The minimum Gasteiger partial charge on any atom is -0.399 e. The zero-order valence-corrected chi connectivity index (χ0v) is 30.6. The van der Waals surface area contributed by atoms with Gasteiger partial charge in [-0.3, -0.25) is 0 Å². The summed E-state index contributed by atoms with van der Waals surface area (Å²) in [5.74, 6) is 0.641. The van der Waals surface area contributed by atoms with Crippen molar-refractivity contribution in [3.63, 3.8) is 0 Å². The Kier molecular flexibility index (Phi) is 7.16. The predicted octanol–water partition coefficient (Wildman–Crippen LogP) is 12.7. The Morgan fingerprint density at radius 2 is 1.00 bits per heavy atom. The molecule has 1 spiro atoms. The minimum atomic E-state index is -0.467. The lowest BCUT2D eigenvalue weighted by Crippen LogP contribution is -2.31. The van der Waals surface area contributed by atoms with Gasteiger partial charge in [-0.2, -0.15) is 0 Å². The van der Waals surface area contributed by atoms with Gasteiger partial charge in [0.25, 0.3) is 0 Å². The van der Waals surface area contributed by atoms with Crippen molar-refractivity contribution in [2.24, 2.45) is 0 Å². The molecule has 11 rings (SSSR count). The van der Waals surface area contributed by atoms with Gasteiger partial charge in [-0.1, -0.05) is 163 Å². The van der Waals surface area contributed by atoms with Crippen molar-refractivity contribution in [2.75, 3.05) is 5.73 Å². The van der Waals surface area contributed by atoms with E-state index in [4.69, 9.17) is 15.7 Å². The van der Waals surface area contributed by atoms with E-state index in [0.717, 1.165) is 33.6 Å². The highest BCUT2D eigenvalue weighted by atomic mass is 32.2. The molecule has 0 unspecified atom stereocenters. The van der Waals surface area contributed by atoms with Gasteiger partial charge in [0.1, 0.15) is 0 Å². The average Bonchev–Trinajstić information content (AvgIpc) is 3.54. The highest BCUT2D eigenvalue weighted by molar-refractivity contribution is 7.99. The molecule has 2 heterocycles. The molecule has 55 heavy (non-hydrogen) atoms. The lowest BCUT2D eigenvalue weighted by Gasteiger charge is -2.39. The molecule has 0 saturated heterocycles. The average molecular weight is 720 g/mol. The van der Waals surface area contributed by atoms with Gasteiger partial charge in [0.05, 0.1) is 16.8 Å². The maximum absolute atomic E-state index is 6.33. The predicted molar refractivity (Wildman–Crippen MR) is 227 cm³/mol. The number of nitrogen functional groups attached to an aromatic ring is 1. The summed E-state index contributed by atoms with van der Waals surface area (Å²) in [5.41, 5.74) is 21.3. The number of hydrogen-bond donors (Lipinski definition) is 1. The first-order valence-corrected chi connectivity index (χ1v) is 19.4. The molecule has 4 heteroatoms. The summed E-state index contributed by atoms with van der Waals surface area (Å²) in [7, 11) is 0. The maximum Gasteiger partial charge on any atom is 0.160 e. The molecule has 0 fully saturated rings. The second-order valence-corrected chi connectivity index (χ2v) is 15.4. The molecule has 0 bridgehead atoms. The first-order chi connectivity index (χ1) is 27.1. The van der Waals surface area contributed by atoms with E-state index in [1.54, 1.807) is 0 Å². The van der Waals surface area contributed by atoms with Gasteiger partial charge in [0.2, 0.25) is 0 Å². The van der Waals surface area contributed by atoms with Crippen molar-refractivity contribution < 1.29 is 0 Å². The zero-order chi connectivity index (χ0) is 36.5. The number of anilines is 1. The van der Waals surface area contributed by atoms with Gasteiger partial charge < -0.3 is 5.73 Å². The fourth-order valence-corrected chi connectivity index (χ4v) is 10.1. The Balaban J connectivity index is 1.12. The largest absolute Gasteiger partial charge is 0.399 e. The SMILES string of the molecule is Nc1cccc(-c2nc(-c3ccc(-c4ccc5ccccc5c4)cc3)cc(-c3cccc4c3-c3ccccc3C43c4ccccc4Sc4ccccc43)n2)c1. The highest BCUT2D eigenvalue weighted by Gasteiger charge is 2.50. The van der Waals surface area contributed by atoms with E-state index in [-0.39, 0.29) is 0 Å². The van der Waals surface area contributed by atoms with Crippen LogP contribution < -0.4 is 5.73 Å². The van der Waals surface area contributed by atoms with E-state index in [2.05, 4.69) is 164 Å². The molecule has 1 aliphatic heterocycles. The number of aromatic nitrogens is 2. The molecule has 0 saturated carbocycles. The van der Waals surface area contributed by atoms with Crippen molar-refractivity contribution in [1.29, 1.82) is 0 Å². The molecule has 1 aliphatic carbocycles. The maximum atomic E-state index is 6.33. The Morgan fingerprint density at radius 1 is 0.400 bits per heavy atom. The number of fused-ring (bicyclic) bond motifs is 10. The summed E-state index contributed by atoms with van der Waals surface area (Å²) in [4.78, 5) is 13.1. The summed E-state index contributed by atoms with van der Waals surface area (Å²) in [6.45, 7) is 0. The van der Waals surface area contributed by atoms with Crippen LogP contribution in [0.15, 0.2) is 198 Å². The quantitative estimate of drug-likeness (QED) is 0.184. The van der Waals surface area contributed by atoms with Crippen molar-refractivity contribution in [3.05, 3.63) is 210 Å². The van der Waals surface area contributed by atoms with Gasteiger partial charge in [-0.05, 0) is 91.7 Å². The normalized spacial score (nSPS) is 13.2. The van der Waals surface area contributed by atoms with Crippen molar-refractivity contribution in [2.45, 2.75) is 15.2 Å². The van der Waals surface area contributed by atoms with E-state index in [0.29, 0.717) is 11.5 Å². The molecule has 2 aliphatic rings. The van der Waals surface area contributed by atoms with E-state index in [9.17, 15) is 0 Å². The third-order valence-electron chi connectivity index (χ3n) is 11.3. The topological polar surface area (TPSA) is 51.8 Å². The van der Waals surface area contributed by atoms with Gasteiger partial charge in [-0.25, -0.2) is 9.97 Å². The van der Waals surface area contributed by atoms with Crippen LogP contribution in [0, 0.1) is 0 Å².